The van der Waals surface area contributed by atoms with Crippen LogP contribution in [0.4, 0.5) is 5.69 Å². The molecule has 3 nitrogen and oxygen atoms in total. The standard InChI is InChI=1S/C26H37NO2/c1-6-13-21(14-7-2)23(8-3)29-26(28)25(22-17-10-9-11-18-22)27-24-19(4)15-12-16-20(24)5/h9-12,15-18,21,23,25,27H,6-8,13-14H2,1-5H3/t23-,25?/m0/s1. The number of nitrogens with one attached hydrogen (secondary N) is 1. The van der Waals surface area contributed by atoms with Gasteiger partial charge in [-0.1, -0.05) is 82.1 Å². The molecule has 2 rings (SSSR count). The van der Waals surface area contributed by atoms with Gasteiger partial charge in [-0.25, -0.2) is 4.79 Å². The van der Waals surface area contributed by atoms with Crippen molar-refractivity contribution in [2.75, 3.05) is 5.32 Å². The molecule has 1 N–H and O–H groups in total. The fraction of sp³-hybridized carbons (Fsp3) is 0.500. The molecule has 0 saturated heterocycles. The van der Waals surface area contributed by atoms with E-state index in [4.69, 9.17) is 4.74 Å². The van der Waals surface area contributed by atoms with Crippen molar-refractivity contribution in [1.29, 1.82) is 0 Å². The molecular weight excluding hydrogens is 358 g/mol. The molecule has 0 radical (unpaired) electrons. The van der Waals surface area contributed by atoms with Crippen molar-refractivity contribution in [2.24, 2.45) is 5.92 Å². The predicted octanol–water partition coefficient (Wildman–Crippen LogP) is 6.99. The molecule has 2 aromatic carbocycles. The second-order valence-electron chi connectivity index (χ2n) is 7.98. The number of para-hydroxylation sites is 1. The third kappa shape index (κ3) is 6.35. The number of benzene rings is 2. The van der Waals surface area contributed by atoms with Crippen LogP contribution in [0.5, 0.6) is 0 Å². The third-order valence-corrected chi connectivity index (χ3v) is 5.65. The lowest BCUT2D eigenvalue weighted by Gasteiger charge is -2.29. The van der Waals surface area contributed by atoms with Crippen LogP contribution in [0.1, 0.15) is 75.6 Å². The van der Waals surface area contributed by atoms with Gasteiger partial charge in [0.25, 0.3) is 0 Å². The monoisotopic (exact) mass is 395 g/mol. The summed E-state index contributed by atoms with van der Waals surface area (Å²) in [4.78, 5) is 13.4. The van der Waals surface area contributed by atoms with Crippen molar-refractivity contribution in [2.45, 2.75) is 78.9 Å². The zero-order valence-corrected chi connectivity index (χ0v) is 18.7. The number of ether oxygens (including phenoxy) is 1. The van der Waals surface area contributed by atoms with Crippen molar-refractivity contribution in [3.8, 4) is 0 Å². The van der Waals surface area contributed by atoms with Gasteiger partial charge in [0, 0.05) is 5.69 Å². The molecular formula is C26H37NO2. The highest BCUT2D eigenvalue weighted by molar-refractivity contribution is 5.82. The predicted molar refractivity (Wildman–Crippen MR) is 122 cm³/mol. The minimum Gasteiger partial charge on any atom is -0.460 e. The fourth-order valence-electron chi connectivity index (χ4n) is 4.10. The summed E-state index contributed by atoms with van der Waals surface area (Å²) < 4.78 is 6.13. The zero-order valence-electron chi connectivity index (χ0n) is 18.7. The number of hydrogen-bond donors (Lipinski definition) is 1. The first-order chi connectivity index (χ1) is 14.0. The maximum absolute atomic E-state index is 13.4. The lowest BCUT2D eigenvalue weighted by molar-refractivity contribution is -0.153. The molecule has 29 heavy (non-hydrogen) atoms. The number of anilines is 1. The fourth-order valence-corrected chi connectivity index (χ4v) is 4.10. The molecule has 0 fully saturated rings. The average Bonchev–Trinajstić information content (AvgIpc) is 2.72. The second kappa shape index (κ2) is 11.6. The SMILES string of the molecule is CCCC(CCC)[C@H](CC)OC(=O)C(Nc1c(C)cccc1C)c1ccccc1. The van der Waals surface area contributed by atoms with Crippen LogP contribution in [0, 0.1) is 19.8 Å². The van der Waals surface area contributed by atoms with Crippen LogP contribution >= 0.6 is 0 Å². The largest absolute Gasteiger partial charge is 0.460 e. The molecule has 0 aliphatic rings. The Kier molecular flexibility index (Phi) is 9.24. The van der Waals surface area contributed by atoms with Crippen LogP contribution in [0.15, 0.2) is 48.5 Å². The summed E-state index contributed by atoms with van der Waals surface area (Å²) in [7, 11) is 0. The van der Waals surface area contributed by atoms with E-state index < -0.39 is 6.04 Å². The van der Waals surface area contributed by atoms with Crippen LogP contribution < -0.4 is 5.32 Å². The van der Waals surface area contributed by atoms with Crippen LogP contribution in [-0.2, 0) is 9.53 Å². The summed E-state index contributed by atoms with van der Waals surface area (Å²) in [5.41, 5.74) is 4.18. The first-order valence-electron chi connectivity index (χ1n) is 11.1. The Balaban J connectivity index is 2.29. The molecule has 0 aromatic heterocycles. The molecule has 0 aliphatic heterocycles. The highest BCUT2D eigenvalue weighted by atomic mass is 16.5. The molecule has 2 atom stereocenters. The number of esters is 1. The van der Waals surface area contributed by atoms with E-state index in [0.29, 0.717) is 5.92 Å². The third-order valence-electron chi connectivity index (χ3n) is 5.65. The van der Waals surface area contributed by atoms with E-state index in [1.165, 1.54) is 0 Å². The molecule has 158 valence electrons. The van der Waals surface area contributed by atoms with Gasteiger partial charge in [-0.15, -0.1) is 0 Å². The van der Waals surface area contributed by atoms with Crippen LogP contribution in [0.25, 0.3) is 0 Å². The van der Waals surface area contributed by atoms with E-state index in [1.807, 2.05) is 36.4 Å². The van der Waals surface area contributed by atoms with Crippen molar-refractivity contribution in [3.63, 3.8) is 0 Å². The molecule has 0 amide bonds. The molecule has 0 heterocycles. The van der Waals surface area contributed by atoms with Gasteiger partial charge in [-0.3, -0.25) is 0 Å². The van der Waals surface area contributed by atoms with Gasteiger partial charge in [0.1, 0.15) is 6.10 Å². The molecule has 2 aromatic rings. The van der Waals surface area contributed by atoms with Crippen LogP contribution in [0.2, 0.25) is 0 Å². The summed E-state index contributed by atoms with van der Waals surface area (Å²) >= 11 is 0. The summed E-state index contributed by atoms with van der Waals surface area (Å²) in [5.74, 6) is 0.235. The Hall–Kier alpha value is -2.29. The summed E-state index contributed by atoms with van der Waals surface area (Å²) in [6, 6.07) is 15.5. The van der Waals surface area contributed by atoms with E-state index >= 15 is 0 Å². The van der Waals surface area contributed by atoms with Crippen LogP contribution in [-0.4, -0.2) is 12.1 Å². The molecule has 0 bridgehead atoms. The number of hydrogen-bond acceptors (Lipinski definition) is 3. The van der Waals surface area contributed by atoms with Gasteiger partial charge in [0.05, 0.1) is 0 Å². The molecule has 3 heteroatoms. The first-order valence-corrected chi connectivity index (χ1v) is 11.1. The Bertz CT molecular complexity index is 730. The lowest BCUT2D eigenvalue weighted by atomic mass is 9.90. The Morgan fingerprint density at radius 1 is 0.897 bits per heavy atom. The highest BCUT2D eigenvalue weighted by Gasteiger charge is 2.28. The maximum atomic E-state index is 13.4. The van der Waals surface area contributed by atoms with Gasteiger partial charge in [0.15, 0.2) is 6.04 Å². The van der Waals surface area contributed by atoms with Gasteiger partial charge >= 0.3 is 5.97 Å². The van der Waals surface area contributed by atoms with Gasteiger partial charge in [0.2, 0.25) is 0 Å². The molecule has 0 spiro atoms. The van der Waals surface area contributed by atoms with Crippen molar-refractivity contribution >= 4 is 11.7 Å². The van der Waals surface area contributed by atoms with Crippen molar-refractivity contribution in [1.82, 2.24) is 0 Å². The topological polar surface area (TPSA) is 38.3 Å². The van der Waals surface area contributed by atoms with E-state index in [1.54, 1.807) is 0 Å². The summed E-state index contributed by atoms with van der Waals surface area (Å²) in [6.07, 6.45) is 5.23. The number of rotatable bonds is 11. The lowest BCUT2D eigenvalue weighted by Crippen LogP contribution is -2.32. The normalized spacial score (nSPS) is 13.2. The minimum atomic E-state index is -0.519. The van der Waals surface area contributed by atoms with Crippen molar-refractivity contribution in [3.05, 3.63) is 65.2 Å². The first kappa shape index (κ1) is 23.0. The Morgan fingerprint density at radius 3 is 2.00 bits per heavy atom. The van der Waals surface area contributed by atoms with Gasteiger partial charge in [-0.2, -0.15) is 0 Å². The highest BCUT2D eigenvalue weighted by Crippen LogP contribution is 2.29. The maximum Gasteiger partial charge on any atom is 0.333 e. The molecule has 0 aliphatic carbocycles. The summed E-state index contributed by atoms with van der Waals surface area (Å²) in [5, 5.41) is 3.49. The van der Waals surface area contributed by atoms with Gasteiger partial charge in [-0.05, 0) is 55.7 Å². The molecule has 1 unspecified atom stereocenters. The number of carbonyl (C=O) groups excluding carboxylic acids is 1. The number of carbonyl (C=O) groups is 1. The Labute approximate surface area is 176 Å². The summed E-state index contributed by atoms with van der Waals surface area (Å²) in [6.45, 7) is 10.7. The average molecular weight is 396 g/mol. The van der Waals surface area contributed by atoms with E-state index in [9.17, 15) is 4.79 Å². The van der Waals surface area contributed by atoms with E-state index in [-0.39, 0.29) is 12.1 Å². The quantitative estimate of drug-likeness (QED) is 0.416. The Morgan fingerprint density at radius 2 is 1.48 bits per heavy atom. The number of aryl methyl sites for hydroxylation is 2. The van der Waals surface area contributed by atoms with Crippen LogP contribution in [0.3, 0.4) is 0 Å². The zero-order chi connectivity index (χ0) is 21.2. The van der Waals surface area contributed by atoms with Gasteiger partial charge < -0.3 is 10.1 Å². The van der Waals surface area contributed by atoms with E-state index in [0.717, 1.165) is 54.5 Å². The minimum absolute atomic E-state index is 0.0339. The van der Waals surface area contributed by atoms with Crippen molar-refractivity contribution < 1.29 is 9.53 Å². The molecule has 0 saturated carbocycles. The smallest absolute Gasteiger partial charge is 0.333 e. The van der Waals surface area contributed by atoms with E-state index in [2.05, 4.69) is 52.1 Å². The second-order valence-corrected chi connectivity index (χ2v) is 7.98.